The van der Waals surface area contributed by atoms with Gasteiger partial charge in [0.05, 0.1) is 19.8 Å². The SMILES string of the molecule is CCCCCCCC1CCCCC1CCCOc1ccc(C2OCC(CCCC)CO2)cc1. The van der Waals surface area contributed by atoms with Crippen molar-refractivity contribution < 1.29 is 14.2 Å². The second-order valence-corrected chi connectivity index (χ2v) is 10.6. The van der Waals surface area contributed by atoms with E-state index in [4.69, 9.17) is 14.2 Å². The standard InChI is InChI=1S/C30H50O3/c1-3-5-7-8-9-14-26-15-10-11-16-27(26)17-12-22-31-29-20-18-28(19-21-29)30-32-23-25(24-33-30)13-6-4-2/h18-21,25-27,30H,3-17,22-24H2,1-2H3. The van der Waals surface area contributed by atoms with Crippen molar-refractivity contribution >= 4 is 0 Å². The Morgan fingerprint density at radius 2 is 1.36 bits per heavy atom. The Bertz CT molecular complexity index is 605. The van der Waals surface area contributed by atoms with Crippen molar-refractivity contribution in [3.63, 3.8) is 0 Å². The smallest absolute Gasteiger partial charge is 0.183 e. The number of hydrogen-bond acceptors (Lipinski definition) is 3. The first-order valence-corrected chi connectivity index (χ1v) is 14.3. The minimum Gasteiger partial charge on any atom is -0.494 e. The highest BCUT2D eigenvalue weighted by molar-refractivity contribution is 5.28. The van der Waals surface area contributed by atoms with Crippen molar-refractivity contribution in [1.82, 2.24) is 0 Å². The second kappa shape index (κ2) is 15.8. The summed E-state index contributed by atoms with van der Waals surface area (Å²) in [7, 11) is 0. The fourth-order valence-electron chi connectivity index (χ4n) is 5.71. The molecule has 2 unspecified atom stereocenters. The molecular weight excluding hydrogens is 408 g/mol. The Hall–Kier alpha value is -1.06. The highest BCUT2D eigenvalue weighted by Crippen LogP contribution is 2.36. The van der Waals surface area contributed by atoms with Gasteiger partial charge in [-0.2, -0.15) is 0 Å². The molecule has 1 saturated heterocycles. The molecule has 2 atom stereocenters. The Morgan fingerprint density at radius 3 is 2.03 bits per heavy atom. The quantitative estimate of drug-likeness (QED) is 0.246. The summed E-state index contributed by atoms with van der Waals surface area (Å²) in [6, 6.07) is 8.35. The van der Waals surface area contributed by atoms with Gasteiger partial charge in [0.15, 0.2) is 6.29 Å². The van der Waals surface area contributed by atoms with Crippen LogP contribution in [-0.2, 0) is 9.47 Å². The molecule has 2 aliphatic rings. The lowest BCUT2D eigenvalue weighted by atomic mass is 9.74. The average molecular weight is 459 g/mol. The van der Waals surface area contributed by atoms with E-state index in [-0.39, 0.29) is 6.29 Å². The fraction of sp³-hybridized carbons (Fsp3) is 0.800. The van der Waals surface area contributed by atoms with Crippen molar-refractivity contribution in [3.05, 3.63) is 29.8 Å². The lowest BCUT2D eigenvalue weighted by Gasteiger charge is -2.32. The highest BCUT2D eigenvalue weighted by atomic mass is 16.7. The van der Waals surface area contributed by atoms with Crippen LogP contribution < -0.4 is 4.74 Å². The predicted molar refractivity (Wildman–Crippen MR) is 138 cm³/mol. The van der Waals surface area contributed by atoms with Crippen LogP contribution in [0.5, 0.6) is 5.75 Å². The summed E-state index contributed by atoms with van der Waals surface area (Å²) in [5.41, 5.74) is 1.10. The van der Waals surface area contributed by atoms with E-state index in [0.29, 0.717) is 5.92 Å². The molecule has 3 heteroatoms. The Kier molecular flexibility index (Phi) is 12.7. The molecule has 0 bridgehead atoms. The summed E-state index contributed by atoms with van der Waals surface area (Å²) < 4.78 is 18.0. The normalized spacial score (nSPS) is 25.8. The van der Waals surface area contributed by atoms with Gasteiger partial charge in [-0.05, 0) is 43.2 Å². The zero-order valence-electron chi connectivity index (χ0n) is 21.6. The third kappa shape index (κ3) is 9.61. The van der Waals surface area contributed by atoms with E-state index < -0.39 is 0 Å². The monoisotopic (exact) mass is 458 g/mol. The van der Waals surface area contributed by atoms with Crippen LogP contribution >= 0.6 is 0 Å². The topological polar surface area (TPSA) is 27.7 Å². The first-order valence-electron chi connectivity index (χ1n) is 14.3. The minimum absolute atomic E-state index is 0.220. The van der Waals surface area contributed by atoms with Crippen LogP contribution in [0.3, 0.4) is 0 Å². The summed E-state index contributed by atoms with van der Waals surface area (Å²) in [5, 5.41) is 0. The van der Waals surface area contributed by atoms with Gasteiger partial charge in [-0.15, -0.1) is 0 Å². The molecule has 1 saturated carbocycles. The van der Waals surface area contributed by atoms with E-state index in [2.05, 4.69) is 38.1 Å². The molecule has 188 valence electrons. The third-order valence-electron chi connectivity index (χ3n) is 7.82. The maximum Gasteiger partial charge on any atom is 0.183 e. The summed E-state index contributed by atoms with van der Waals surface area (Å²) >= 11 is 0. The van der Waals surface area contributed by atoms with Crippen molar-refractivity contribution in [3.8, 4) is 5.75 Å². The van der Waals surface area contributed by atoms with Crippen LogP contribution in [-0.4, -0.2) is 19.8 Å². The number of ether oxygens (including phenoxy) is 3. The van der Waals surface area contributed by atoms with E-state index in [9.17, 15) is 0 Å². The van der Waals surface area contributed by atoms with Gasteiger partial charge >= 0.3 is 0 Å². The van der Waals surface area contributed by atoms with Crippen LogP contribution in [0.25, 0.3) is 0 Å². The number of hydrogen-bond donors (Lipinski definition) is 0. The molecule has 1 aliphatic carbocycles. The van der Waals surface area contributed by atoms with Gasteiger partial charge in [0.25, 0.3) is 0 Å². The Morgan fingerprint density at radius 1 is 0.727 bits per heavy atom. The summed E-state index contributed by atoms with van der Waals surface area (Å²) in [6.45, 7) is 6.98. The first-order chi connectivity index (χ1) is 16.3. The molecular formula is C30H50O3. The van der Waals surface area contributed by atoms with Crippen molar-refractivity contribution in [2.24, 2.45) is 17.8 Å². The average Bonchev–Trinajstić information content (AvgIpc) is 2.87. The van der Waals surface area contributed by atoms with E-state index in [1.165, 1.54) is 96.3 Å². The fourth-order valence-corrected chi connectivity index (χ4v) is 5.71. The molecule has 0 N–H and O–H groups in total. The molecule has 2 fully saturated rings. The second-order valence-electron chi connectivity index (χ2n) is 10.6. The summed E-state index contributed by atoms with van der Waals surface area (Å²) in [6.07, 6.45) is 20.3. The molecule has 1 heterocycles. The summed E-state index contributed by atoms with van der Waals surface area (Å²) in [5.74, 6) is 3.41. The van der Waals surface area contributed by atoms with Crippen molar-refractivity contribution in [2.75, 3.05) is 19.8 Å². The highest BCUT2D eigenvalue weighted by Gasteiger charge is 2.25. The van der Waals surface area contributed by atoms with E-state index in [1.807, 2.05) is 0 Å². The van der Waals surface area contributed by atoms with Gasteiger partial charge in [-0.3, -0.25) is 0 Å². The van der Waals surface area contributed by atoms with Crippen LogP contribution in [0.15, 0.2) is 24.3 Å². The minimum atomic E-state index is -0.220. The van der Waals surface area contributed by atoms with Crippen molar-refractivity contribution in [1.29, 1.82) is 0 Å². The number of rotatable bonds is 15. The molecule has 0 radical (unpaired) electrons. The maximum atomic E-state index is 6.08. The van der Waals surface area contributed by atoms with Gasteiger partial charge < -0.3 is 14.2 Å². The Labute approximate surface area is 204 Å². The molecule has 33 heavy (non-hydrogen) atoms. The van der Waals surface area contributed by atoms with Crippen LogP contribution in [0.1, 0.15) is 122 Å². The van der Waals surface area contributed by atoms with Crippen LogP contribution in [0, 0.1) is 17.8 Å². The molecule has 1 aromatic carbocycles. The Balaban J connectivity index is 1.31. The molecule has 0 amide bonds. The third-order valence-corrected chi connectivity index (χ3v) is 7.82. The zero-order chi connectivity index (χ0) is 23.1. The first kappa shape index (κ1) is 26.5. The number of unbranched alkanes of at least 4 members (excludes halogenated alkanes) is 5. The summed E-state index contributed by atoms with van der Waals surface area (Å²) in [4.78, 5) is 0. The van der Waals surface area contributed by atoms with Gasteiger partial charge in [-0.25, -0.2) is 0 Å². The van der Waals surface area contributed by atoms with Gasteiger partial charge in [-0.1, -0.05) is 103 Å². The molecule has 1 aliphatic heterocycles. The van der Waals surface area contributed by atoms with Crippen LogP contribution in [0.2, 0.25) is 0 Å². The van der Waals surface area contributed by atoms with Crippen LogP contribution in [0.4, 0.5) is 0 Å². The molecule has 0 aromatic heterocycles. The largest absolute Gasteiger partial charge is 0.494 e. The van der Waals surface area contributed by atoms with E-state index in [0.717, 1.165) is 43.0 Å². The van der Waals surface area contributed by atoms with E-state index >= 15 is 0 Å². The number of benzene rings is 1. The van der Waals surface area contributed by atoms with E-state index in [1.54, 1.807) is 0 Å². The molecule has 1 aromatic rings. The van der Waals surface area contributed by atoms with Gasteiger partial charge in [0, 0.05) is 11.5 Å². The predicted octanol–water partition coefficient (Wildman–Crippen LogP) is 8.86. The van der Waals surface area contributed by atoms with Gasteiger partial charge in [0.2, 0.25) is 0 Å². The zero-order valence-corrected chi connectivity index (χ0v) is 21.6. The molecule has 3 nitrogen and oxygen atoms in total. The maximum absolute atomic E-state index is 6.08. The lowest BCUT2D eigenvalue weighted by molar-refractivity contribution is -0.206. The molecule has 3 rings (SSSR count). The van der Waals surface area contributed by atoms with Gasteiger partial charge in [0.1, 0.15) is 5.75 Å². The van der Waals surface area contributed by atoms with Crippen molar-refractivity contribution in [2.45, 2.75) is 116 Å². The molecule has 0 spiro atoms. The lowest BCUT2D eigenvalue weighted by Crippen LogP contribution is -2.27.